The summed E-state index contributed by atoms with van der Waals surface area (Å²) in [5, 5.41) is 7.76. The summed E-state index contributed by atoms with van der Waals surface area (Å²) in [5.74, 6) is 0.599. The van der Waals surface area contributed by atoms with Crippen LogP contribution in [0.4, 0.5) is 5.82 Å². The number of nitrogens with one attached hydrogen (secondary N) is 2. The van der Waals surface area contributed by atoms with Gasteiger partial charge in [-0.15, -0.1) is 0 Å². The molecule has 3 aromatic rings. The third-order valence-electron chi connectivity index (χ3n) is 3.97. The van der Waals surface area contributed by atoms with E-state index in [4.69, 9.17) is 0 Å². The van der Waals surface area contributed by atoms with E-state index in [2.05, 4.69) is 20.1 Å². The number of para-hydroxylation sites is 1. The lowest BCUT2D eigenvalue weighted by Gasteiger charge is -2.20. The highest BCUT2D eigenvalue weighted by molar-refractivity contribution is 7.89. The molecule has 0 aliphatic rings. The summed E-state index contributed by atoms with van der Waals surface area (Å²) in [5.41, 5.74) is 2.41. The maximum absolute atomic E-state index is 12.3. The molecule has 0 atom stereocenters. The van der Waals surface area contributed by atoms with Gasteiger partial charge in [0.1, 0.15) is 10.7 Å². The summed E-state index contributed by atoms with van der Waals surface area (Å²) < 4.78 is 29.1. The molecule has 0 amide bonds. The first-order valence-electron chi connectivity index (χ1n) is 8.98. The number of aromatic nitrogens is 3. The summed E-state index contributed by atoms with van der Waals surface area (Å²) >= 11 is 0. The highest BCUT2D eigenvalue weighted by Crippen LogP contribution is 2.16. The fourth-order valence-electron chi connectivity index (χ4n) is 2.67. The number of anilines is 1. The Hall–Kier alpha value is -2.71. The van der Waals surface area contributed by atoms with Crippen molar-refractivity contribution in [3.63, 3.8) is 0 Å². The van der Waals surface area contributed by atoms with Crippen LogP contribution in [-0.2, 0) is 16.6 Å². The van der Waals surface area contributed by atoms with Crippen molar-refractivity contribution in [1.29, 1.82) is 0 Å². The molecule has 8 heteroatoms. The summed E-state index contributed by atoms with van der Waals surface area (Å²) in [6.07, 6.45) is 3.33. The van der Waals surface area contributed by atoms with Crippen LogP contribution in [0.3, 0.4) is 0 Å². The van der Waals surface area contributed by atoms with Crippen LogP contribution < -0.4 is 10.0 Å². The molecule has 148 valence electrons. The number of nitrogens with zero attached hydrogens (tertiary/aromatic N) is 3. The monoisotopic (exact) mass is 399 g/mol. The van der Waals surface area contributed by atoms with Crippen molar-refractivity contribution in [2.45, 2.75) is 44.7 Å². The Kier molecular flexibility index (Phi) is 5.53. The molecule has 0 saturated heterocycles. The number of rotatable bonds is 6. The molecular weight excluding hydrogens is 374 g/mol. The molecule has 28 heavy (non-hydrogen) atoms. The maximum Gasteiger partial charge on any atom is 0.242 e. The molecule has 7 nitrogen and oxygen atoms in total. The minimum absolute atomic E-state index is 0.140. The average Bonchev–Trinajstić information content (AvgIpc) is 3.00. The van der Waals surface area contributed by atoms with Gasteiger partial charge in [0.05, 0.1) is 11.4 Å². The molecule has 0 bridgehead atoms. The molecule has 0 spiro atoms. The quantitative estimate of drug-likeness (QED) is 0.664. The van der Waals surface area contributed by atoms with Crippen LogP contribution in [-0.4, -0.2) is 28.7 Å². The standard InChI is InChI=1S/C20H25N5O2S/c1-15-16(14-25(23-15)17-8-6-5-7-9-17)12-21-19-11-10-18(13-22-19)28(26,27)24-20(2,3)4/h5-11,13-14,24H,12H2,1-4H3,(H,21,22). The van der Waals surface area contributed by atoms with E-state index in [0.29, 0.717) is 12.4 Å². The predicted octanol–water partition coefficient (Wildman–Crippen LogP) is 3.26. The Morgan fingerprint density at radius 1 is 1.07 bits per heavy atom. The van der Waals surface area contributed by atoms with Gasteiger partial charge in [-0.05, 0) is 52.0 Å². The van der Waals surface area contributed by atoms with Crippen molar-refractivity contribution in [1.82, 2.24) is 19.5 Å². The molecule has 2 heterocycles. The predicted molar refractivity (Wildman–Crippen MR) is 110 cm³/mol. The Labute approximate surface area is 165 Å². The van der Waals surface area contributed by atoms with Crippen LogP contribution in [0.15, 0.2) is 59.8 Å². The first-order chi connectivity index (χ1) is 13.1. The van der Waals surface area contributed by atoms with Crippen LogP contribution in [0.1, 0.15) is 32.0 Å². The highest BCUT2D eigenvalue weighted by Gasteiger charge is 2.22. The third kappa shape index (κ3) is 4.96. The van der Waals surface area contributed by atoms with Crippen molar-refractivity contribution in [3.05, 3.63) is 66.1 Å². The first-order valence-corrected chi connectivity index (χ1v) is 10.5. The largest absolute Gasteiger partial charge is 0.366 e. The van der Waals surface area contributed by atoms with Gasteiger partial charge in [-0.25, -0.2) is 22.8 Å². The second kappa shape index (κ2) is 7.73. The van der Waals surface area contributed by atoms with Crippen LogP contribution >= 0.6 is 0 Å². The zero-order chi connectivity index (χ0) is 20.4. The SMILES string of the molecule is Cc1nn(-c2ccccc2)cc1CNc1ccc(S(=O)(=O)NC(C)(C)C)cn1. The van der Waals surface area contributed by atoms with Crippen molar-refractivity contribution >= 4 is 15.8 Å². The van der Waals surface area contributed by atoms with Crippen molar-refractivity contribution in [3.8, 4) is 5.69 Å². The van der Waals surface area contributed by atoms with Gasteiger partial charge < -0.3 is 5.32 Å². The van der Waals surface area contributed by atoms with Gasteiger partial charge in [-0.2, -0.15) is 5.10 Å². The number of hydrogen-bond acceptors (Lipinski definition) is 5. The lowest BCUT2D eigenvalue weighted by Crippen LogP contribution is -2.40. The van der Waals surface area contributed by atoms with Crippen LogP contribution in [0.25, 0.3) is 5.69 Å². The molecule has 0 saturated carbocycles. The lowest BCUT2D eigenvalue weighted by molar-refractivity contribution is 0.491. The second-order valence-corrected chi connectivity index (χ2v) is 9.29. The van der Waals surface area contributed by atoms with Gasteiger partial charge >= 0.3 is 0 Å². The number of hydrogen-bond donors (Lipinski definition) is 2. The zero-order valence-electron chi connectivity index (χ0n) is 16.5. The number of aryl methyl sites for hydroxylation is 1. The Morgan fingerprint density at radius 3 is 2.39 bits per heavy atom. The molecule has 2 N–H and O–H groups in total. The van der Waals surface area contributed by atoms with E-state index in [1.165, 1.54) is 6.20 Å². The van der Waals surface area contributed by atoms with E-state index >= 15 is 0 Å². The molecule has 1 aromatic carbocycles. The van der Waals surface area contributed by atoms with Crippen LogP contribution in [0.5, 0.6) is 0 Å². The van der Waals surface area contributed by atoms with Crippen molar-refractivity contribution in [2.24, 2.45) is 0 Å². The summed E-state index contributed by atoms with van der Waals surface area (Å²) in [4.78, 5) is 4.37. The van der Waals surface area contributed by atoms with E-state index in [-0.39, 0.29) is 4.90 Å². The van der Waals surface area contributed by atoms with E-state index < -0.39 is 15.6 Å². The third-order valence-corrected chi connectivity index (χ3v) is 5.71. The van der Waals surface area contributed by atoms with Gasteiger partial charge in [0, 0.05) is 30.0 Å². The Morgan fingerprint density at radius 2 is 1.79 bits per heavy atom. The van der Waals surface area contributed by atoms with E-state index in [9.17, 15) is 8.42 Å². The fourth-order valence-corrected chi connectivity index (χ4v) is 4.04. The van der Waals surface area contributed by atoms with E-state index in [1.807, 2.05) is 48.1 Å². The molecule has 0 aliphatic heterocycles. The van der Waals surface area contributed by atoms with Crippen LogP contribution in [0, 0.1) is 6.92 Å². The first kappa shape index (κ1) is 20.0. The maximum atomic E-state index is 12.3. The highest BCUT2D eigenvalue weighted by atomic mass is 32.2. The molecule has 0 radical (unpaired) electrons. The van der Waals surface area contributed by atoms with Gasteiger partial charge in [0.25, 0.3) is 0 Å². The van der Waals surface area contributed by atoms with Gasteiger partial charge in [-0.1, -0.05) is 18.2 Å². The molecule has 0 unspecified atom stereocenters. The van der Waals surface area contributed by atoms with Crippen molar-refractivity contribution in [2.75, 3.05) is 5.32 Å². The number of benzene rings is 1. The fraction of sp³-hybridized carbons (Fsp3) is 0.300. The second-order valence-electron chi connectivity index (χ2n) is 7.61. The van der Waals surface area contributed by atoms with Gasteiger partial charge in [0.15, 0.2) is 0 Å². The molecule has 0 fully saturated rings. The zero-order valence-corrected chi connectivity index (χ0v) is 17.3. The molecule has 2 aromatic heterocycles. The van der Waals surface area contributed by atoms with Gasteiger partial charge in [0.2, 0.25) is 10.0 Å². The minimum Gasteiger partial charge on any atom is -0.366 e. The Balaban J connectivity index is 1.68. The van der Waals surface area contributed by atoms with Crippen LogP contribution in [0.2, 0.25) is 0 Å². The summed E-state index contributed by atoms with van der Waals surface area (Å²) in [7, 11) is -3.59. The molecule has 0 aliphatic carbocycles. The van der Waals surface area contributed by atoms with E-state index in [1.54, 1.807) is 32.9 Å². The normalized spacial score (nSPS) is 12.1. The average molecular weight is 400 g/mol. The molecule has 3 rings (SSSR count). The smallest absolute Gasteiger partial charge is 0.242 e. The summed E-state index contributed by atoms with van der Waals surface area (Å²) in [6, 6.07) is 13.1. The number of pyridine rings is 1. The number of sulfonamides is 1. The lowest BCUT2D eigenvalue weighted by atomic mass is 10.1. The Bertz CT molecular complexity index is 1040. The van der Waals surface area contributed by atoms with E-state index in [0.717, 1.165) is 16.9 Å². The minimum atomic E-state index is -3.59. The van der Waals surface area contributed by atoms with Crippen molar-refractivity contribution < 1.29 is 8.42 Å². The van der Waals surface area contributed by atoms with Gasteiger partial charge in [-0.3, -0.25) is 0 Å². The molecular formula is C20H25N5O2S. The topological polar surface area (TPSA) is 88.9 Å². The summed E-state index contributed by atoms with van der Waals surface area (Å²) in [6.45, 7) is 7.89.